The number of likely N-dealkylation sites (N-methyl/N-ethyl adjacent to an activating group) is 1. The van der Waals surface area contributed by atoms with Crippen molar-refractivity contribution < 1.29 is 32.9 Å². The second-order valence-corrected chi connectivity index (χ2v) is 5.33. The second kappa shape index (κ2) is 5.56. The van der Waals surface area contributed by atoms with Crippen molar-refractivity contribution >= 4 is 13.8 Å². The summed E-state index contributed by atoms with van der Waals surface area (Å²) < 4.78 is 20.0. The Morgan fingerprint density at radius 2 is 2.00 bits per heavy atom. The predicted molar refractivity (Wildman–Crippen MR) is 56.1 cm³/mol. The highest BCUT2D eigenvalue weighted by molar-refractivity contribution is 7.46. The average Bonchev–Trinajstić information content (AvgIpc) is 1.97. The molecule has 0 heterocycles. The Bertz CT molecular complexity index is 304. The van der Waals surface area contributed by atoms with E-state index in [1.165, 1.54) is 0 Å². The highest BCUT2D eigenvalue weighted by Gasteiger charge is 2.29. The molecule has 0 aliphatic carbocycles. The van der Waals surface area contributed by atoms with Crippen LogP contribution in [0.2, 0.25) is 0 Å². The highest BCUT2D eigenvalue weighted by atomic mass is 31.2. The normalized spacial score (nSPS) is 14.3. The lowest BCUT2D eigenvalue weighted by Gasteiger charge is -2.28. The van der Waals surface area contributed by atoms with Crippen molar-refractivity contribution in [1.82, 2.24) is 0 Å². The van der Waals surface area contributed by atoms with E-state index in [9.17, 15) is 9.36 Å². The highest BCUT2D eigenvalue weighted by Crippen LogP contribution is 2.38. The summed E-state index contributed by atoms with van der Waals surface area (Å²) in [6.07, 6.45) is -0.419. The summed E-state index contributed by atoms with van der Waals surface area (Å²) in [4.78, 5) is 28.2. The number of hydrogen-bond acceptors (Lipinski definition) is 4. The van der Waals surface area contributed by atoms with Gasteiger partial charge in [0, 0.05) is 6.08 Å². The van der Waals surface area contributed by atoms with Crippen LogP contribution in [0, 0.1) is 0 Å². The fourth-order valence-corrected chi connectivity index (χ4v) is 1.29. The van der Waals surface area contributed by atoms with Crippen LogP contribution in [0.3, 0.4) is 0 Å². The lowest BCUT2D eigenvalue weighted by Crippen LogP contribution is -2.43. The first kappa shape index (κ1) is 15.3. The van der Waals surface area contributed by atoms with E-state index < -0.39 is 20.1 Å². The van der Waals surface area contributed by atoms with Crippen LogP contribution < -0.4 is 0 Å². The van der Waals surface area contributed by atoms with E-state index in [1.54, 1.807) is 21.1 Å². The van der Waals surface area contributed by atoms with Gasteiger partial charge in [0.2, 0.25) is 0 Å². The maximum absolute atomic E-state index is 10.9. The number of hydrogen-bond donors (Lipinski definition) is 2. The number of phosphoric ester groups is 1. The van der Waals surface area contributed by atoms with Gasteiger partial charge in [-0.2, -0.15) is 0 Å². The Labute approximate surface area is 94.1 Å². The van der Waals surface area contributed by atoms with Gasteiger partial charge in [-0.05, 0) is 0 Å². The smallest absolute Gasteiger partial charge is 0.426 e. The fourth-order valence-electron chi connectivity index (χ4n) is 0.870. The van der Waals surface area contributed by atoms with Crippen molar-refractivity contribution in [3.63, 3.8) is 0 Å². The first-order chi connectivity index (χ1) is 7.03. The van der Waals surface area contributed by atoms with Crippen molar-refractivity contribution in [2.75, 3.05) is 27.7 Å². The van der Waals surface area contributed by atoms with Crippen molar-refractivity contribution in [1.29, 1.82) is 0 Å². The van der Waals surface area contributed by atoms with E-state index in [0.717, 1.165) is 6.08 Å². The van der Waals surface area contributed by atoms with E-state index >= 15 is 0 Å². The maximum Gasteiger partial charge on any atom is 0.472 e. The fraction of sp³-hybridized carbons (Fsp3) is 0.625. The predicted octanol–water partition coefficient (Wildman–Crippen LogP) is -0.143. The number of quaternary nitrogens is 1. The molecule has 0 aliphatic rings. The molecule has 94 valence electrons. The van der Waals surface area contributed by atoms with Crippen LogP contribution in [0.4, 0.5) is 0 Å². The molecule has 1 atom stereocenters. The Kier molecular flexibility index (Phi) is 5.31. The second-order valence-electron chi connectivity index (χ2n) is 4.14. The number of nitrogens with zero attached hydrogens (tertiary/aromatic N) is 1. The van der Waals surface area contributed by atoms with Gasteiger partial charge in [-0.25, -0.2) is 13.9 Å². The van der Waals surface area contributed by atoms with Crippen LogP contribution in [0.1, 0.15) is 0 Å². The third-order valence-corrected chi connectivity index (χ3v) is 1.88. The molecule has 0 amide bonds. The Hall–Kier alpha value is -0.720. The molecule has 0 spiro atoms. The molecule has 1 unspecified atom stereocenters. The van der Waals surface area contributed by atoms with Crippen LogP contribution in [0.5, 0.6) is 0 Å². The monoisotopic (exact) mass is 254 g/mol. The summed E-state index contributed by atoms with van der Waals surface area (Å²) in [5, 5.41) is 0. The molecule has 8 heteroatoms. The number of ether oxygens (including phenoxy) is 1. The summed E-state index contributed by atoms with van der Waals surface area (Å²) in [7, 11) is 0.589. The van der Waals surface area contributed by atoms with Crippen LogP contribution in [0.15, 0.2) is 12.7 Å². The number of carbonyl (C=O) groups is 1. The lowest BCUT2D eigenvalue weighted by molar-refractivity contribution is -0.875. The van der Waals surface area contributed by atoms with E-state index in [-0.39, 0.29) is 6.54 Å². The van der Waals surface area contributed by atoms with Gasteiger partial charge in [0.05, 0.1) is 21.1 Å². The molecule has 2 N–H and O–H groups in total. The van der Waals surface area contributed by atoms with Gasteiger partial charge in [-0.15, -0.1) is 0 Å². The van der Waals surface area contributed by atoms with E-state index in [2.05, 4.69) is 15.8 Å². The molecule has 0 fully saturated rings. The molecule has 0 saturated heterocycles. The van der Waals surface area contributed by atoms with Crippen LogP contribution >= 0.6 is 7.82 Å². The molecule has 0 aromatic heterocycles. The summed E-state index contributed by atoms with van der Waals surface area (Å²) in [5.41, 5.74) is 0. The number of carbonyl (C=O) groups excluding carboxylic acids is 1. The van der Waals surface area contributed by atoms with E-state index in [0.29, 0.717) is 4.48 Å². The van der Waals surface area contributed by atoms with E-state index in [4.69, 9.17) is 9.79 Å². The number of esters is 1. The minimum Gasteiger partial charge on any atom is -0.426 e. The third-order valence-electron chi connectivity index (χ3n) is 1.37. The quantitative estimate of drug-likeness (QED) is 0.225. The largest absolute Gasteiger partial charge is 0.472 e. The average molecular weight is 254 g/mol. The molecular weight excluding hydrogens is 237 g/mol. The maximum atomic E-state index is 10.9. The topological polar surface area (TPSA) is 93.1 Å². The first-order valence-corrected chi connectivity index (χ1v) is 5.94. The lowest BCUT2D eigenvalue weighted by atomic mass is 10.5. The SMILES string of the molecule is C=CC(=O)OC(C[N+](C)(C)C)OP(=O)(O)O. The molecule has 0 rings (SSSR count). The van der Waals surface area contributed by atoms with Crippen LogP contribution in [-0.2, 0) is 18.6 Å². The van der Waals surface area contributed by atoms with Gasteiger partial charge in [-0.1, -0.05) is 6.58 Å². The van der Waals surface area contributed by atoms with Crippen molar-refractivity contribution in [2.24, 2.45) is 0 Å². The molecule has 16 heavy (non-hydrogen) atoms. The Balaban J connectivity index is 4.57. The van der Waals surface area contributed by atoms with Crippen molar-refractivity contribution in [3.05, 3.63) is 12.7 Å². The summed E-state index contributed by atoms with van der Waals surface area (Å²) in [5.74, 6) is -0.799. The van der Waals surface area contributed by atoms with Crippen molar-refractivity contribution in [2.45, 2.75) is 6.29 Å². The van der Waals surface area contributed by atoms with Gasteiger partial charge in [-0.3, -0.25) is 0 Å². The Morgan fingerprint density at radius 3 is 2.31 bits per heavy atom. The molecule has 0 saturated carbocycles. The third kappa shape index (κ3) is 8.58. The number of rotatable bonds is 6. The zero-order chi connectivity index (χ0) is 13.0. The minimum atomic E-state index is -4.70. The zero-order valence-corrected chi connectivity index (χ0v) is 10.4. The summed E-state index contributed by atoms with van der Waals surface area (Å²) in [6.45, 7) is 3.28. The summed E-state index contributed by atoms with van der Waals surface area (Å²) >= 11 is 0. The molecular formula is C8H17NO6P+. The van der Waals surface area contributed by atoms with Crippen molar-refractivity contribution in [3.8, 4) is 0 Å². The molecule has 0 aromatic rings. The first-order valence-electron chi connectivity index (χ1n) is 4.41. The van der Waals surface area contributed by atoms with E-state index in [1.807, 2.05) is 0 Å². The zero-order valence-electron chi connectivity index (χ0n) is 9.49. The minimum absolute atomic E-state index is 0.102. The van der Waals surface area contributed by atoms with Crippen LogP contribution in [-0.4, -0.2) is 54.2 Å². The van der Waals surface area contributed by atoms with Gasteiger partial charge in [0.1, 0.15) is 6.54 Å². The molecule has 7 nitrogen and oxygen atoms in total. The van der Waals surface area contributed by atoms with Gasteiger partial charge in [0.15, 0.2) is 0 Å². The standard InChI is InChI=1S/C8H16NO6P/c1-5-7(10)14-8(6-9(2,3)4)15-16(11,12)13/h5,8H,1,6H2,2-4H3,(H-,11,12,13)/p+1. The molecule has 0 aliphatic heterocycles. The van der Waals surface area contributed by atoms with Crippen LogP contribution in [0.25, 0.3) is 0 Å². The van der Waals surface area contributed by atoms with Gasteiger partial charge >= 0.3 is 13.8 Å². The van der Waals surface area contributed by atoms with Gasteiger partial charge in [0.25, 0.3) is 6.29 Å². The van der Waals surface area contributed by atoms with Gasteiger partial charge < -0.3 is 19.0 Å². The molecule has 0 aromatic carbocycles. The molecule has 0 radical (unpaired) electrons. The number of phosphoric acid groups is 1. The Morgan fingerprint density at radius 1 is 1.50 bits per heavy atom. The molecule has 0 bridgehead atoms. The summed E-state index contributed by atoms with van der Waals surface area (Å²) in [6, 6.07) is 0.